The van der Waals surface area contributed by atoms with Crippen LogP contribution in [-0.2, 0) is 16.0 Å². The maximum atomic E-state index is 11.8. The number of rotatable bonds is 7. The quantitative estimate of drug-likeness (QED) is 0.716. The van der Waals surface area contributed by atoms with Crippen LogP contribution in [0.4, 0.5) is 8.78 Å². The molecule has 0 amide bonds. The van der Waals surface area contributed by atoms with E-state index in [0.717, 1.165) is 0 Å². The number of carbonyl (C=O) groups is 1. The second-order valence-electron chi connectivity index (χ2n) is 3.67. The molecule has 2 nitrogen and oxygen atoms in total. The van der Waals surface area contributed by atoms with Crippen molar-refractivity contribution in [1.82, 2.24) is 0 Å². The molecule has 0 aliphatic rings. The third-order valence-electron chi connectivity index (χ3n) is 2.16. The summed E-state index contributed by atoms with van der Waals surface area (Å²) in [5.74, 6) is -0.131. The molecular formula is C12H12Cl2F2O2. The molecule has 1 rings (SSSR count). The Bertz CT molecular complexity index is 411. The third kappa shape index (κ3) is 5.76. The molecule has 0 spiro atoms. The van der Waals surface area contributed by atoms with Gasteiger partial charge in [0, 0.05) is 22.9 Å². The zero-order chi connectivity index (χ0) is 13.5. The molecule has 0 bridgehead atoms. The van der Waals surface area contributed by atoms with Crippen molar-refractivity contribution in [2.75, 3.05) is 13.2 Å². The molecular weight excluding hydrogens is 285 g/mol. The second-order valence-corrected chi connectivity index (χ2v) is 4.51. The van der Waals surface area contributed by atoms with Crippen molar-refractivity contribution in [2.24, 2.45) is 0 Å². The number of alkyl halides is 2. The zero-order valence-electron chi connectivity index (χ0n) is 9.47. The minimum Gasteiger partial charge on any atom is -0.375 e. The Hall–Kier alpha value is -0.710. The second kappa shape index (κ2) is 7.67. The molecule has 0 aliphatic heterocycles. The standard InChI is InChI=1S/C12H12Cl2F2O2/c13-9-1-2-11(14)8(5-9)6-10(17)3-4-18-7-12(15)16/h1-2,5,12H,3-4,6-7H2. The third-order valence-corrected chi connectivity index (χ3v) is 2.77. The molecule has 0 unspecified atom stereocenters. The lowest BCUT2D eigenvalue weighted by Gasteiger charge is -2.05. The Morgan fingerprint density at radius 1 is 1.33 bits per heavy atom. The Kier molecular flexibility index (Phi) is 6.54. The van der Waals surface area contributed by atoms with Gasteiger partial charge in [0.15, 0.2) is 0 Å². The van der Waals surface area contributed by atoms with Crippen LogP contribution in [0, 0.1) is 0 Å². The van der Waals surface area contributed by atoms with Crippen LogP contribution < -0.4 is 0 Å². The van der Waals surface area contributed by atoms with E-state index in [1.54, 1.807) is 18.2 Å². The summed E-state index contributed by atoms with van der Waals surface area (Å²) in [5, 5.41) is 0.956. The van der Waals surface area contributed by atoms with Crippen LogP contribution in [-0.4, -0.2) is 25.4 Å². The zero-order valence-corrected chi connectivity index (χ0v) is 11.0. The van der Waals surface area contributed by atoms with Gasteiger partial charge >= 0.3 is 0 Å². The van der Waals surface area contributed by atoms with Gasteiger partial charge in [-0.2, -0.15) is 0 Å². The highest BCUT2D eigenvalue weighted by Gasteiger charge is 2.09. The summed E-state index contributed by atoms with van der Waals surface area (Å²) in [6.45, 7) is -0.660. The summed E-state index contributed by atoms with van der Waals surface area (Å²) in [6.07, 6.45) is -2.31. The summed E-state index contributed by atoms with van der Waals surface area (Å²) >= 11 is 11.7. The molecule has 18 heavy (non-hydrogen) atoms. The van der Waals surface area contributed by atoms with Crippen LogP contribution in [0.5, 0.6) is 0 Å². The predicted octanol–water partition coefficient (Wildman–Crippen LogP) is 3.78. The lowest BCUT2D eigenvalue weighted by atomic mass is 10.1. The highest BCUT2D eigenvalue weighted by molar-refractivity contribution is 6.33. The van der Waals surface area contributed by atoms with E-state index in [1.807, 2.05) is 0 Å². The summed E-state index contributed by atoms with van der Waals surface area (Å²) in [6, 6.07) is 4.85. The molecule has 0 saturated heterocycles. The molecule has 1 aromatic carbocycles. The van der Waals surface area contributed by atoms with E-state index in [9.17, 15) is 13.6 Å². The van der Waals surface area contributed by atoms with Crippen LogP contribution in [0.1, 0.15) is 12.0 Å². The topological polar surface area (TPSA) is 26.3 Å². The summed E-state index contributed by atoms with van der Waals surface area (Å²) < 4.78 is 28.2. The van der Waals surface area contributed by atoms with E-state index in [2.05, 4.69) is 4.74 Å². The molecule has 0 heterocycles. The van der Waals surface area contributed by atoms with Crippen LogP contribution in [0.2, 0.25) is 10.0 Å². The van der Waals surface area contributed by atoms with Crippen molar-refractivity contribution in [3.05, 3.63) is 33.8 Å². The van der Waals surface area contributed by atoms with Crippen LogP contribution in [0.3, 0.4) is 0 Å². The molecule has 100 valence electrons. The van der Waals surface area contributed by atoms with Gasteiger partial charge in [0.25, 0.3) is 6.43 Å². The molecule has 0 radical (unpaired) electrons. The molecule has 1 aromatic rings. The Morgan fingerprint density at radius 3 is 2.72 bits per heavy atom. The van der Waals surface area contributed by atoms with E-state index >= 15 is 0 Å². The number of hydrogen-bond acceptors (Lipinski definition) is 2. The Morgan fingerprint density at radius 2 is 2.06 bits per heavy atom. The highest BCUT2D eigenvalue weighted by atomic mass is 35.5. The van der Waals surface area contributed by atoms with Crippen molar-refractivity contribution in [2.45, 2.75) is 19.3 Å². The maximum absolute atomic E-state index is 11.8. The minimum atomic E-state index is -2.51. The van der Waals surface area contributed by atoms with Crippen molar-refractivity contribution >= 4 is 29.0 Å². The molecule has 0 saturated carbocycles. The van der Waals surface area contributed by atoms with Gasteiger partial charge in [-0.1, -0.05) is 23.2 Å². The number of halogens is 4. The Labute approximate surface area is 114 Å². The fourth-order valence-electron chi connectivity index (χ4n) is 1.34. The van der Waals surface area contributed by atoms with Gasteiger partial charge in [0.1, 0.15) is 12.4 Å². The first-order chi connectivity index (χ1) is 8.49. The fraction of sp³-hybridized carbons (Fsp3) is 0.417. The van der Waals surface area contributed by atoms with Gasteiger partial charge in [-0.3, -0.25) is 4.79 Å². The van der Waals surface area contributed by atoms with Crippen LogP contribution in [0.15, 0.2) is 18.2 Å². The molecule has 6 heteroatoms. The number of ketones is 1. The first-order valence-corrected chi connectivity index (χ1v) is 6.06. The lowest BCUT2D eigenvalue weighted by molar-refractivity contribution is -0.119. The van der Waals surface area contributed by atoms with E-state index in [1.165, 1.54) is 0 Å². The van der Waals surface area contributed by atoms with E-state index in [0.29, 0.717) is 15.6 Å². The van der Waals surface area contributed by atoms with E-state index in [4.69, 9.17) is 23.2 Å². The summed E-state index contributed by atoms with van der Waals surface area (Å²) in [4.78, 5) is 11.6. The first kappa shape index (κ1) is 15.3. The maximum Gasteiger partial charge on any atom is 0.261 e. The normalized spacial score (nSPS) is 10.9. The van der Waals surface area contributed by atoms with Gasteiger partial charge in [-0.15, -0.1) is 0 Å². The minimum absolute atomic E-state index is 0.0125. The van der Waals surface area contributed by atoms with E-state index < -0.39 is 13.0 Å². The van der Waals surface area contributed by atoms with Crippen molar-refractivity contribution in [1.29, 1.82) is 0 Å². The van der Waals surface area contributed by atoms with Crippen LogP contribution >= 0.6 is 23.2 Å². The molecule has 0 aliphatic carbocycles. The average molecular weight is 297 g/mol. The number of hydrogen-bond donors (Lipinski definition) is 0. The van der Waals surface area contributed by atoms with Crippen LogP contribution in [0.25, 0.3) is 0 Å². The number of carbonyl (C=O) groups excluding carboxylic acids is 1. The average Bonchev–Trinajstić information content (AvgIpc) is 2.29. The highest BCUT2D eigenvalue weighted by Crippen LogP contribution is 2.21. The number of Topliss-reactive ketones (excluding diaryl/α,β-unsaturated/α-hetero) is 1. The monoisotopic (exact) mass is 296 g/mol. The van der Waals surface area contributed by atoms with Gasteiger partial charge in [-0.25, -0.2) is 8.78 Å². The van der Waals surface area contributed by atoms with Gasteiger partial charge in [0.05, 0.1) is 6.61 Å². The lowest BCUT2D eigenvalue weighted by Crippen LogP contribution is -2.11. The largest absolute Gasteiger partial charge is 0.375 e. The number of benzene rings is 1. The van der Waals surface area contributed by atoms with Gasteiger partial charge in [0.2, 0.25) is 0 Å². The predicted molar refractivity (Wildman–Crippen MR) is 66.6 cm³/mol. The summed E-state index contributed by atoms with van der Waals surface area (Å²) in [7, 11) is 0. The summed E-state index contributed by atoms with van der Waals surface area (Å²) in [5.41, 5.74) is 0.628. The van der Waals surface area contributed by atoms with Gasteiger partial charge in [-0.05, 0) is 23.8 Å². The Balaban J connectivity index is 2.38. The molecule has 0 atom stereocenters. The van der Waals surface area contributed by atoms with E-state index in [-0.39, 0.29) is 25.2 Å². The SMILES string of the molecule is O=C(CCOCC(F)F)Cc1cc(Cl)ccc1Cl. The smallest absolute Gasteiger partial charge is 0.261 e. The molecule has 0 N–H and O–H groups in total. The number of ether oxygens (including phenoxy) is 1. The van der Waals surface area contributed by atoms with Crippen molar-refractivity contribution in [3.63, 3.8) is 0 Å². The van der Waals surface area contributed by atoms with Crippen molar-refractivity contribution < 1.29 is 18.3 Å². The van der Waals surface area contributed by atoms with Crippen molar-refractivity contribution in [3.8, 4) is 0 Å². The first-order valence-electron chi connectivity index (χ1n) is 5.30. The molecule has 0 fully saturated rings. The van der Waals surface area contributed by atoms with Gasteiger partial charge < -0.3 is 4.74 Å². The fourth-order valence-corrected chi connectivity index (χ4v) is 1.72. The molecule has 0 aromatic heterocycles.